The largest absolute Gasteiger partial charge is 0.354 e. The van der Waals surface area contributed by atoms with Crippen LogP contribution in [-0.4, -0.2) is 43.4 Å². The van der Waals surface area contributed by atoms with E-state index < -0.39 is 30.8 Å². The average Bonchev–Trinajstić information content (AvgIpc) is 2.86. The first-order chi connectivity index (χ1) is 10.5. The zero-order chi connectivity index (χ0) is 16.0. The van der Waals surface area contributed by atoms with E-state index in [9.17, 15) is 18.4 Å². The summed E-state index contributed by atoms with van der Waals surface area (Å²) in [7, 11) is 0. The molecular formula is C15H19F2N3O2. The van der Waals surface area contributed by atoms with Gasteiger partial charge in [-0.25, -0.2) is 8.78 Å². The molecule has 1 saturated heterocycles. The Labute approximate surface area is 127 Å². The number of hydrogen-bond acceptors (Lipinski definition) is 3. The lowest BCUT2D eigenvalue weighted by molar-refractivity contribution is -0.127. The molecule has 2 rings (SSSR count). The third-order valence-electron chi connectivity index (χ3n) is 3.43. The molecule has 5 nitrogen and oxygen atoms in total. The maximum Gasteiger partial charge on any atom is 0.262 e. The van der Waals surface area contributed by atoms with Gasteiger partial charge in [0.2, 0.25) is 11.8 Å². The van der Waals surface area contributed by atoms with Gasteiger partial charge in [0.15, 0.2) is 0 Å². The van der Waals surface area contributed by atoms with E-state index in [1.54, 1.807) is 0 Å². The Bertz CT molecular complexity index is 523. The molecule has 1 aromatic carbocycles. The predicted molar refractivity (Wildman–Crippen MR) is 77.5 cm³/mol. The first-order valence-electron chi connectivity index (χ1n) is 7.16. The van der Waals surface area contributed by atoms with Gasteiger partial charge in [0.05, 0.1) is 19.1 Å². The van der Waals surface area contributed by atoms with E-state index in [0.717, 1.165) is 5.56 Å². The molecule has 1 heterocycles. The van der Waals surface area contributed by atoms with E-state index in [1.165, 1.54) is 0 Å². The molecule has 0 radical (unpaired) electrons. The zero-order valence-corrected chi connectivity index (χ0v) is 12.1. The Kier molecular flexibility index (Phi) is 5.43. The van der Waals surface area contributed by atoms with Crippen molar-refractivity contribution in [3.05, 3.63) is 35.9 Å². The number of carbonyl (C=O) groups is 2. The lowest BCUT2D eigenvalue weighted by Gasteiger charge is -2.11. The molecule has 1 unspecified atom stereocenters. The number of benzene rings is 1. The summed E-state index contributed by atoms with van der Waals surface area (Å²) in [6.07, 6.45) is 0.158. The van der Waals surface area contributed by atoms with Crippen LogP contribution in [0.1, 0.15) is 12.0 Å². The molecule has 3 N–H and O–H groups in total. The number of amides is 2. The second-order valence-electron chi connectivity index (χ2n) is 5.30. The molecule has 120 valence electrons. The quantitative estimate of drug-likeness (QED) is 0.715. The number of carbonyl (C=O) groups excluding carboxylic acids is 2. The minimum absolute atomic E-state index is 0.211. The normalized spacial score (nSPS) is 19.6. The molecular weight excluding hydrogens is 292 g/mol. The fraction of sp³-hybridized carbons (Fsp3) is 0.467. The molecule has 2 amide bonds. The molecule has 1 aromatic rings. The summed E-state index contributed by atoms with van der Waals surface area (Å²) in [5.41, 5.74) is 1.10. The molecule has 1 atom stereocenters. The van der Waals surface area contributed by atoms with E-state index in [-0.39, 0.29) is 12.5 Å². The van der Waals surface area contributed by atoms with Gasteiger partial charge in [-0.05, 0) is 12.0 Å². The van der Waals surface area contributed by atoms with Crippen LogP contribution in [0, 0.1) is 0 Å². The Morgan fingerprint density at radius 3 is 2.59 bits per heavy atom. The zero-order valence-electron chi connectivity index (χ0n) is 12.1. The average molecular weight is 311 g/mol. The van der Waals surface area contributed by atoms with Crippen LogP contribution >= 0.6 is 0 Å². The van der Waals surface area contributed by atoms with Gasteiger partial charge >= 0.3 is 0 Å². The summed E-state index contributed by atoms with van der Waals surface area (Å²) in [5.74, 6) is -3.77. The number of hydrogen-bond donors (Lipinski definition) is 3. The number of halogens is 2. The lowest BCUT2D eigenvalue weighted by atomic mass is 10.1. The van der Waals surface area contributed by atoms with Gasteiger partial charge in [0.25, 0.3) is 5.92 Å². The van der Waals surface area contributed by atoms with Crippen molar-refractivity contribution in [2.24, 2.45) is 0 Å². The van der Waals surface area contributed by atoms with Crippen LogP contribution in [0.3, 0.4) is 0 Å². The second kappa shape index (κ2) is 7.31. The maximum atomic E-state index is 13.0. The summed E-state index contributed by atoms with van der Waals surface area (Å²) < 4.78 is 25.9. The number of alkyl halides is 2. The number of rotatable bonds is 6. The van der Waals surface area contributed by atoms with E-state index in [1.807, 2.05) is 30.3 Å². The van der Waals surface area contributed by atoms with Gasteiger partial charge < -0.3 is 10.6 Å². The SMILES string of the molecule is O=C(CNC(=O)C1CC(F)(F)CN1)NCCc1ccccc1. The lowest BCUT2D eigenvalue weighted by Crippen LogP contribution is -2.45. The highest BCUT2D eigenvalue weighted by Crippen LogP contribution is 2.24. The molecule has 22 heavy (non-hydrogen) atoms. The highest BCUT2D eigenvalue weighted by Gasteiger charge is 2.42. The van der Waals surface area contributed by atoms with Crippen LogP contribution in [-0.2, 0) is 16.0 Å². The summed E-state index contributed by atoms with van der Waals surface area (Å²) in [6, 6.07) is 8.73. The molecule has 1 aliphatic heterocycles. The van der Waals surface area contributed by atoms with Crippen LogP contribution in [0.25, 0.3) is 0 Å². The van der Waals surface area contributed by atoms with Crippen molar-refractivity contribution in [3.8, 4) is 0 Å². The standard InChI is InChI=1S/C15H19F2N3O2/c16-15(17)8-12(20-10-15)14(22)19-9-13(21)18-7-6-11-4-2-1-3-5-11/h1-5,12,20H,6-10H2,(H,18,21)(H,19,22). The molecule has 0 aromatic heterocycles. The van der Waals surface area contributed by atoms with Crippen LogP contribution in [0.2, 0.25) is 0 Å². The molecule has 0 aliphatic carbocycles. The highest BCUT2D eigenvalue weighted by molar-refractivity contribution is 5.87. The Morgan fingerprint density at radius 2 is 1.95 bits per heavy atom. The maximum absolute atomic E-state index is 13.0. The van der Waals surface area contributed by atoms with Gasteiger partial charge in [0, 0.05) is 13.0 Å². The Morgan fingerprint density at radius 1 is 1.23 bits per heavy atom. The molecule has 0 spiro atoms. The molecule has 0 bridgehead atoms. The van der Waals surface area contributed by atoms with E-state index in [2.05, 4.69) is 16.0 Å². The molecule has 0 saturated carbocycles. The van der Waals surface area contributed by atoms with Crippen molar-refractivity contribution in [3.63, 3.8) is 0 Å². The van der Waals surface area contributed by atoms with Crippen molar-refractivity contribution in [2.45, 2.75) is 24.8 Å². The van der Waals surface area contributed by atoms with Crippen molar-refractivity contribution in [2.75, 3.05) is 19.6 Å². The smallest absolute Gasteiger partial charge is 0.262 e. The van der Waals surface area contributed by atoms with Gasteiger partial charge in [0.1, 0.15) is 0 Å². The van der Waals surface area contributed by atoms with Crippen molar-refractivity contribution < 1.29 is 18.4 Å². The van der Waals surface area contributed by atoms with Gasteiger partial charge in [-0.15, -0.1) is 0 Å². The molecule has 1 aliphatic rings. The summed E-state index contributed by atoms with van der Waals surface area (Å²) in [6.45, 7) is -0.260. The van der Waals surface area contributed by atoms with Gasteiger partial charge in [-0.2, -0.15) is 0 Å². The number of nitrogens with one attached hydrogen (secondary N) is 3. The fourth-order valence-electron chi connectivity index (χ4n) is 2.24. The third-order valence-corrected chi connectivity index (χ3v) is 3.43. The van der Waals surface area contributed by atoms with Crippen LogP contribution in [0.15, 0.2) is 30.3 Å². The van der Waals surface area contributed by atoms with Crippen LogP contribution in [0.5, 0.6) is 0 Å². The third kappa shape index (κ3) is 5.07. The van der Waals surface area contributed by atoms with Crippen molar-refractivity contribution >= 4 is 11.8 Å². The van der Waals surface area contributed by atoms with E-state index in [0.29, 0.717) is 13.0 Å². The predicted octanol–water partition coefficient (Wildman–Crippen LogP) is 0.459. The first-order valence-corrected chi connectivity index (χ1v) is 7.16. The van der Waals surface area contributed by atoms with Gasteiger partial charge in [-0.1, -0.05) is 30.3 Å². The van der Waals surface area contributed by atoms with Crippen molar-refractivity contribution in [1.82, 2.24) is 16.0 Å². The van der Waals surface area contributed by atoms with E-state index >= 15 is 0 Å². The Hall–Kier alpha value is -2.02. The monoisotopic (exact) mass is 311 g/mol. The summed E-state index contributed by atoms with van der Waals surface area (Å²) >= 11 is 0. The van der Waals surface area contributed by atoms with Crippen LogP contribution in [0.4, 0.5) is 8.78 Å². The van der Waals surface area contributed by atoms with E-state index in [4.69, 9.17) is 0 Å². The minimum atomic E-state index is -2.86. The highest BCUT2D eigenvalue weighted by atomic mass is 19.3. The topological polar surface area (TPSA) is 70.2 Å². The molecule has 7 heteroatoms. The fourth-order valence-corrected chi connectivity index (χ4v) is 2.24. The summed E-state index contributed by atoms with van der Waals surface area (Å²) in [5, 5.41) is 7.48. The second-order valence-corrected chi connectivity index (χ2v) is 5.30. The molecule has 1 fully saturated rings. The van der Waals surface area contributed by atoms with Crippen LogP contribution < -0.4 is 16.0 Å². The minimum Gasteiger partial charge on any atom is -0.354 e. The first kappa shape index (κ1) is 16.4. The Balaban J connectivity index is 1.62. The summed E-state index contributed by atoms with van der Waals surface area (Å²) in [4.78, 5) is 23.2. The van der Waals surface area contributed by atoms with Crippen molar-refractivity contribution in [1.29, 1.82) is 0 Å². The van der Waals surface area contributed by atoms with Gasteiger partial charge in [-0.3, -0.25) is 14.9 Å².